The summed E-state index contributed by atoms with van der Waals surface area (Å²) in [6.07, 6.45) is 1.53. The Morgan fingerprint density at radius 2 is 2.04 bits per heavy atom. The Morgan fingerprint density at radius 3 is 2.74 bits per heavy atom. The SMILES string of the molecule is CC(C)C(N)CNc1nc2c(cnn2-c2ccccc2)c(=O)[nH]1. The highest BCUT2D eigenvalue weighted by Crippen LogP contribution is 2.14. The van der Waals surface area contributed by atoms with E-state index in [9.17, 15) is 4.79 Å². The molecule has 2 heterocycles. The zero-order valence-electron chi connectivity index (χ0n) is 13.2. The summed E-state index contributed by atoms with van der Waals surface area (Å²) in [5.74, 6) is 0.740. The maximum Gasteiger partial charge on any atom is 0.263 e. The first-order chi connectivity index (χ1) is 11.1. The van der Waals surface area contributed by atoms with Crippen LogP contribution in [0.4, 0.5) is 5.95 Å². The molecular formula is C16H20N6O. The summed E-state index contributed by atoms with van der Waals surface area (Å²) in [6, 6.07) is 9.56. The summed E-state index contributed by atoms with van der Waals surface area (Å²) in [4.78, 5) is 19.4. The van der Waals surface area contributed by atoms with E-state index >= 15 is 0 Å². The monoisotopic (exact) mass is 312 g/mol. The number of hydrogen-bond acceptors (Lipinski definition) is 5. The van der Waals surface area contributed by atoms with Gasteiger partial charge in [0.1, 0.15) is 5.39 Å². The van der Waals surface area contributed by atoms with Crippen molar-refractivity contribution < 1.29 is 0 Å². The van der Waals surface area contributed by atoms with Gasteiger partial charge in [0.15, 0.2) is 5.65 Å². The number of fused-ring (bicyclic) bond motifs is 1. The van der Waals surface area contributed by atoms with Crippen LogP contribution in [0.5, 0.6) is 0 Å². The van der Waals surface area contributed by atoms with E-state index in [1.807, 2.05) is 30.3 Å². The predicted octanol–water partition coefficient (Wildman–Crippen LogP) is 1.50. The highest BCUT2D eigenvalue weighted by molar-refractivity contribution is 5.76. The third-order valence-corrected chi connectivity index (χ3v) is 3.80. The third kappa shape index (κ3) is 3.09. The normalized spacial score (nSPS) is 12.7. The van der Waals surface area contributed by atoms with Gasteiger partial charge in [-0.15, -0.1) is 0 Å². The highest BCUT2D eigenvalue weighted by atomic mass is 16.1. The zero-order chi connectivity index (χ0) is 16.4. The minimum absolute atomic E-state index is 0.0185. The van der Waals surface area contributed by atoms with Crippen molar-refractivity contribution in [1.29, 1.82) is 0 Å². The number of anilines is 1. The summed E-state index contributed by atoms with van der Waals surface area (Å²) < 4.78 is 1.65. The third-order valence-electron chi connectivity index (χ3n) is 3.80. The fraction of sp³-hybridized carbons (Fsp3) is 0.312. The van der Waals surface area contributed by atoms with Gasteiger partial charge in [-0.25, -0.2) is 4.68 Å². The molecule has 0 aliphatic carbocycles. The minimum atomic E-state index is -0.224. The average molecular weight is 312 g/mol. The molecule has 1 atom stereocenters. The summed E-state index contributed by atoms with van der Waals surface area (Å²) in [7, 11) is 0. The Hall–Kier alpha value is -2.67. The van der Waals surface area contributed by atoms with Crippen molar-refractivity contribution in [3.05, 3.63) is 46.9 Å². The fourth-order valence-electron chi connectivity index (χ4n) is 2.21. The molecule has 3 rings (SSSR count). The van der Waals surface area contributed by atoms with Gasteiger partial charge in [0, 0.05) is 12.6 Å². The lowest BCUT2D eigenvalue weighted by molar-refractivity contribution is 0.510. The van der Waals surface area contributed by atoms with Gasteiger partial charge in [0.25, 0.3) is 5.56 Å². The number of nitrogens with two attached hydrogens (primary N) is 1. The summed E-state index contributed by atoms with van der Waals surface area (Å²) in [6.45, 7) is 4.64. The standard InChI is InChI=1S/C16H20N6O/c1-10(2)13(17)9-18-16-20-14-12(15(23)21-16)8-19-22(14)11-6-4-3-5-7-11/h3-8,10,13H,9,17H2,1-2H3,(H2,18,20,21,23). The zero-order valence-corrected chi connectivity index (χ0v) is 13.2. The van der Waals surface area contributed by atoms with Gasteiger partial charge in [-0.1, -0.05) is 32.0 Å². The molecule has 0 aliphatic rings. The van der Waals surface area contributed by atoms with Gasteiger partial charge in [-0.2, -0.15) is 10.1 Å². The second-order valence-corrected chi connectivity index (χ2v) is 5.83. The van der Waals surface area contributed by atoms with E-state index in [1.165, 1.54) is 6.20 Å². The maximum absolute atomic E-state index is 12.2. The van der Waals surface area contributed by atoms with Crippen molar-refractivity contribution in [2.75, 3.05) is 11.9 Å². The minimum Gasteiger partial charge on any atom is -0.354 e. The molecule has 0 radical (unpaired) electrons. The van der Waals surface area contributed by atoms with E-state index in [2.05, 4.69) is 34.2 Å². The molecule has 4 N–H and O–H groups in total. The van der Waals surface area contributed by atoms with E-state index < -0.39 is 0 Å². The van der Waals surface area contributed by atoms with Crippen molar-refractivity contribution in [2.45, 2.75) is 19.9 Å². The van der Waals surface area contributed by atoms with Crippen molar-refractivity contribution in [2.24, 2.45) is 11.7 Å². The molecule has 2 aromatic heterocycles. The van der Waals surface area contributed by atoms with Crippen LogP contribution in [0.25, 0.3) is 16.7 Å². The van der Waals surface area contributed by atoms with Crippen molar-refractivity contribution >= 4 is 17.0 Å². The molecule has 0 bridgehead atoms. The second-order valence-electron chi connectivity index (χ2n) is 5.83. The van der Waals surface area contributed by atoms with Gasteiger partial charge >= 0.3 is 0 Å². The van der Waals surface area contributed by atoms with Gasteiger partial charge in [0.05, 0.1) is 11.9 Å². The molecule has 7 heteroatoms. The van der Waals surface area contributed by atoms with E-state index in [4.69, 9.17) is 5.73 Å². The van der Waals surface area contributed by atoms with Crippen LogP contribution in [0.15, 0.2) is 41.3 Å². The molecular weight excluding hydrogens is 292 g/mol. The molecule has 1 aromatic carbocycles. The van der Waals surface area contributed by atoms with Crippen molar-refractivity contribution in [3.8, 4) is 5.69 Å². The number of para-hydroxylation sites is 1. The number of nitrogens with one attached hydrogen (secondary N) is 2. The van der Waals surface area contributed by atoms with Crippen molar-refractivity contribution in [3.63, 3.8) is 0 Å². The van der Waals surface area contributed by atoms with Gasteiger partial charge in [0.2, 0.25) is 5.95 Å². The van der Waals surface area contributed by atoms with Crippen LogP contribution in [0.2, 0.25) is 0 Å². The van der Waals surface area contributed by atoms with E-state index in [0.717, 1.165) is 5.69 Å². The predicted molar refractivity (Wildman–Crippen MR) is 90.8 cm³/mol. The lowest BCUT2D eigenvalue weighted by atomic mass is 10.1. The quantitative estimate of drug-likeness (QED) is 0.663. The Labute approximate surface area is 133 Å². The van der Waals surface area contributed by atoms with Crippen LogP contribution >= 0.6 is 0 Å². The maximum atomic E-state index is 12.2. The number of hydrogen-bond donors (Lipinski definition) is 3. The van der Waals surface area contributed by atoms with E-state index in [0.29, 0.717) is 29.4 Å². The molecule has 0 aliphatic heterocycles. The smallest absolute Gasteiger partial charge is 0.263 e. The first-order valence-corrected chi connectivity index (χ1v) is 7.59. The molecule has 0 saturated carbocycles. The number of H-pyrrole nitrogens is 1. The van der Waals surface area contributed by atoms with Crippen LogP contribution in [0.3, 0.4) is 0 Å². The second kappa shape index (κ2) is 6.21. The lowest BCUT2D eigenvalue weighted by Gasteiger charge is -2.16. The Kier molecular flexibility index (Phi) is 4.12. The van der Waals surface area contributed by atoms with Crippen LogP contribution in [0, 0.1) is 5.92 Å². The summed E-state index contributed by atoms with van der Waals surface area (Å²) in [5, 5.41) is 7.82. The molecule has 1 unspecified atom stereocenters. The molecule has 0 amide bonds. The molecule has 23 heavy (non-hydrogen) atoms. The molecule has 0 saturated heterocycles. The van der Waals surface area contributed by atoms with Gasteiger partial charge < -0.3 is 11.1 Å². The number of rotatable bonds is 5. The molecule has 120 valence electrons. The Bertz CT molecular complexity index is 852. The fourth-order valence-corrected chi connectivity index (χ4v) is 2.21. The first kappa shape index (κ1) is 15.2. The first-order valence-electron chi connectivity index (χ1n) is 7.59. The van der Waals surface area contributed by atoms with Crippen LogP contribution in [-0.4, -0.2) is 32.3 Å². The molecule has 0 spiro atoms. The van der Waals surface area contributed by atoms with Gasteiger partial charge in [-0.3, -0.25) is 9.78 Å². The lowest BCUT2D eigenvalue weighted by Crippen LogP contribution is -2.34. The number of aromatic nitrogens is 4. The van der Waals surface area contributed by atoms with E-state index in [1.54, 1.807) is 4.68 Å². The number of aromatic amines is 1. The molecule has 0 fully saturated rings. The van der Waals surface area contributed by atoms with Crippen LogP contribution in [-0.2, 0) is 0 Å². The van der Waals surface area contributed by atoms with Gasteiger partial charge in [-0.05, 0) is 18.1 Å². The molecule has 3 aromatic rings. The Balaban J connectivity index is 1.98. The largest absolute Gasteiger partial charge is 0.354 e. The average Bonchev–Trinajstić information content (AvgIpc) is 2.97. The number of benzene rings is 1. The topological polar surface area (TPSA) is 102 Å². The summed E-state index contributed by atoms with van der Waals surface area (Å²) in [5.41, 5.74) is 7.16. The van der Waals surface area contributed by atoms with Crippen LogP contribution < -0.4 is 16.6 Å². The Morgan fingerprint density at radius 1 is 1.30 bits per heavy atom. The van der Waals surface area contributed by atoms with Crippen molar-refractivity contribution in [1.82, 2.24) is 19.7 Å². The number of nitrogens with zero attached hydrogens (tertiary/aromatic N) is 3. The summed E-state index contributed by atoms with van der Waals surface area (Å²) >= 11 is 0. The highest BCUT2D eigenvalue weighted by Gasteiger charge is 2.12. The molecule has 7 nitrogen and oxygen atoms in total. The van der Waals surface area contributed by atoms with Crippen LogP contribution in [0.1, 0.15) is 13.8 Å². The van der Waals surface area contributed by atoms with E-state index in [-0.39, 0.29) is 11.6 Å².